The Morgan fingerprint density at radius 2 is 1.78 bits per heavy atom. The van der Waals surface area contributed by atoms with E-state index in [-0.39, 0.29) is 16.9 Å². The Kier molecular flexibility index (Phi) is 8.43. The van der Waals surface area contributed by atoms with Crippen LogP contribution in [0.1, 0.15) is 23.3 Å². The molecule has 27 heavy (non-hydrogen) atoms. The van der Waals surface area contributed by atoms with E-state index in [9.17, 15) is 9.59 Å². The number of esters is 1. The number of carbonyl (C=O) groups excluding carboxylic acids is 2. The fourth-order valence-electron chi connectivity index (χ4n) is 2.40. The topological polar surface area (TPSA) is 55.4 Å². The Morgan fingerprint density at radius 3 is 2.41 bits per heavy atom. The molecule has 6 heteroatoms. The highest BCUT2D eigenvalue weighted by molar-refractivity contribution is 8.00. The number of benzene rings is 2. The standard InChI is InChI=1S/C21H22ClNO3S/c1-3-13-23-21(25)15(2)26-19(24)14-27-20(16-7-5-4-6-8-16)17-9-11-18(22)12-10-17/h3-12,15,20H,1,13-14H2,2H3,(H,23,25)/t15-,20+/m0/s1. The quantitative estimate of drug-likeness (QED) is 0.498. The van der Waals surface area contributed by atoms with Crippen LogP contribution in [-0.2, 0) is 14.3 Å². The van der Waals surface area contributed by atoms with Crippen LogP contribution in [0.5, 0.6) is 0 Å². The van der Waals surface area contributed by atoms with E-state index >= 15 is 0 Å². The number of nitrogens with one attached hydrogen (secondary N) is 1. The molecule has 0 spiro atoms. The van der Waals surface area contributed by atoms with Gasteiger partial charge in [0.05, 0.1) is 11.0 Å². The molecule has 0 saturated carbocycles. The monoisotopic (exact) mass is 403 g/mol. The van der Waals surface area contributed by atoms with Crippen LogP contribution in [0, 0.1) is 0 Å². The molecule has 2 atom stereocenters. The molecule has 0 aliphatic heterocycles. The van der Waals surface area contributed by atoms with Gasteiger partial charge in [0.2, 0.25) is 0 Å². The van der Waals surface area contributed by atoms with Gasteiger partial charge in [-0.3, -0.25) is 9.59 Å². The number of hydrogen-bond donors (Lipinski definition) is 1. The van der Waals surface area contributed by atoms with Crippen molar-refractivity contribution in [1.82, 2.24) is 5.32 Å². The van der Waals surface area contributed by atoms with E-state index in [0.717, 1.165) is 11.1 Å². The molecule has 1 amide bonds. The lowest BCUT2D eigenvalue weighted by atomic mass is 10.0. The second-order valence-electron chi connectivity index (χ2n) is 5.82. The first-order valence-electron chi connectivity index (χ1n) is 8.51. The molecular formula is C21H22ClNO3S. The van der Waals surface area contributed by atoms with Crippen LogP contribution in [0.25, 0.3) is 0 Å². The Hall–Kier alpha value is -2.24. The summed E-state index contributed by atoms with van der Waals surface area (Å²) in [6.07, 6.45) is 0.725. The molecule has 0 radical (unpaired) electrons. The molecule has 2 rings (SSSR count). The van der Waals surface area contributed by atoms with Crippen LogP contribution in [0.2, 0.25) is 5.02 Å². The van der Waals surface area contributed by atoms with E-state index in [1.165, 1.54) is 11.8 Å². The van der Waals surface area contributed by atoms with Crippen molar-refractivity contribution >= 4 is 35.2 Å². The van der Waals surface area contributed by atoms with E-state index in [0.29, 0.717) is 11.6 Å². The van der Waals surface area contributed by atoms with E-state index in [4.69, 9.17) is 16.3 Å². The number of ether oxygens (including phenoxy) is 1. The predicted molar refractivity (Wildman–Crippen MR) is 111 cm³/mol. The van der Waals surface area contributed by atoms with Gasteiger partial charge < -0.3 is 10.1 Å². The number of hydrogen-bond acceptors (Lipinski definition) is 4. The molecule has 4 nitrogen and oxygen atoms in total. The zero-order chi connectivity index (χ0) is 19.6. The Bertz CT molecular complexity index is 765. The maximum absolute atomic E-state index is 12.2. The predicted octanol–water partition coefficient (Wildman–Crippen LogP) is 4.40. The van der Waals surface area contributed by atoms with Gasteiger partial charge in [0.15, 0.2) is 6.10 Å². The first kappa shape index (κ1) is 21.1. The molecule has 1 N–H and O–H groups in total. The van der Waals surface area contributed by atoms with Crippen molar-refractivity contribution in [3.63, 3.8) is 0 Å². The van der Waals surface area contributed by atoms with Crippen LogP contribution in [0.15, 0.2) is 67.3 Å². The third-order valence-electron chi connectivity index (χ3n) is 3.74. The molecule has 0 aliphatic carbocycles. The first-order valence-corrected chi connectivity index (χ1v) is 9.94. The van der Waals surface area contributed by atoms with Gasteiger partial charge in [-0.15, -0.1) is 18.3 Å². The van der Waals surface area contributed by atoms with Gasteiger partial charge in [-0.05, 0) is 30.2 Å². The minimum atomic E-state index is -0.844. The summed E-state index contributed by atoms with van der Waals surface area (Å²) in [5.74, 6) is -0.650. The summed E-state index contributed by atoms with van der Waals surface area (Å²) in [7, 11) is 0. The number of carbonyl (C=O) groups is 2. The van der Waals surface area contributed by atoms with Crippen molar-refractivity contribution in [2.45, 2.75) is 18.3 Å². The third kappa shape index (κ3) is 6.77. The number of rotatable bonds is 9. The average molecular weight is 404 g/mol. The van der Waals surface area contributed by atoms with Crippen molar-refractivity contribution in [3.8, 4) is 0 Å². The van der Waals surface area contributed by atoms with Crippen molar-refractivity contribution in [3.05, 3.63) is 83.4 Å². The van der Waals surface area contributed by atoms with Gasteiger partial charge in [0, 0.05) is 11.6 Å². The van der Waals surface area contributed by atoms with Crippen molar-refractivity contribution in [2.75, 3.05) is 12.3 Å². The lowest BCUT2D eigenvalue weighted by Gasteiger charge is -2.18. The highest BCUT2D eigenvalue weighted by Crippen LogP contribution is 2.36. The average Bonchev–Trinajstić information content (AvgIpc) is 2.68. The maximum atomic E-state index is 12.2. The third-order valence-corrected chi connectivity index (χ3v) is 5.27. The molecular weight excluding hydrogens is 382 g/mol. The number of thioether (sulfide) groups is 1. The molecule has 142 valence electrons. The minimum Gasteiger partial charge on any atom is -0.452 e. The second-order valence-corrected chi connectivity index (χ2v) is 7.35. The molecule has 0 heterocycles. The minimum absolute atomic E-state index is 0.0408. The Labute approximate surface area is 168 Å². The summed E-state index contributed by atoms with van der Waals surface area (Å²) >= 11 is 7.44. The van der Waals surface area contributed by atoms with Crippen molar-refractivity contribution < 1.29 is 14.3 Å². The zero-order valence-corrected chi connectivity index (χ0v) is 16.6. The number of amides is 1. The van der Waals surface area contributed by atoms with Crippen molar-refractivity contribution in [1.29, 1.82) is 0 Å². The molecule has 0 unspecified atom stereocenters. The van der Waals surface area contributed by atoms with E-state index in [2.05, 4.69) is 11.9 Å². The largest absolute Gasteiger partial charge is 0.452 e. The SMILES string of the molecule is C=CCNC(=O)[C@H](C)OC(=O)CS[C@H](c1ccccc1)c1ccc(Cl)cc1. The van der Waals surface area contributed by atoms with Gasteiger partial charge in [-0.1, -0.05) is 60.1 Å². The maximum Gasteiger partial charge on any atom is 0.316 e. The van der Waals surface area contributed by atoms with Crippen LogP contribution < -0.4 is 5.32 Å². The summed E-state index contributed by atoms with van der Waals surface area (Å²) in [4.78, 5) is 24.0. The van der Waals surface area contributed by atoms with E-state index < -0.39 is 12.1 Å². The fraction of sp³-hybridized carbons (Fsp3) is 0.238. The van der Waals surface area contributed by atoms with Crippen LogP contribution in [0.4, 0.5) is 0 Å². The summed E-state index contributed by atoms with van der Waals surface area (Å²) in [6.45, 7) is 5.42. The summed E-state index contributed by atoms with van der Waals surface area (Å²) in [5, 5.41) is 3.23. The van der Waals surface area contributed by atoms with E-state index in [1.54, 1.807) is 13.0 Å². The van der Waals surface area contributed by atoms with Gasteiger partial charge in [0.1, 0.15) is 0 Å². The molecule has 0 bridgehead atoms. The van der Waals surface area contributed by atoms with Gasteiger partial charge >= 0.3 is 5.97 Å². The summed E-state index contributed by atoms with van der Waals surface area (Å²) < 4.78 is 5.22. The van der Waals surface area contributed by atoms with Gasteiger partial charge in [-0.2, -0.15) is 0 Å². The van der Waals surface area contributed by atoms with Crippen LogP contribution >= 0.6 is 23.4 Å². The Morgan fingerprint density at radius 1 is 1.15 bits per heavy atom. The summed E-state index contributed by atoms with van der Waals surface area (Å²) in [5.41, 5.74) is 2.12. The zero-order valence-electron chi connectivity index (χ0n) is 15.1. The number of halogens is 1. The highest BCUT2D eigenvalue weighted by Gasteiger charge is 2.20. The van der Waals surface area contributed by atoms with Gasteiger partial charge in [-0.25, -0.2) is 0 Å². The summed E-state index contributed by atoms with van der Waals surface area (Å²) in [6, 6.07) is 17.5. The lowest BCUT2D eigenvalue weighted by molar-refractivity contribution is -0.152. The fourth-order valence-corrected chi connectivity index (χ4v) is 3.60. The van der Waals surface area contributed by atoms with Gasteiger partial charge in [0.25, 0.3) is 5.91 Å². The molecule has 0 aliphatic rings. The molecule has 0 saturated heterocycles. The molecule has 2 aromatic rings. The normalized spacial score (nSPS) is 12.7. The molecule has 0 aromatic heterocycles. The van der Waals surface area contributed by atoms with Crippen molar-refractivity contribution in [2.24, 2.45) is 0 Å². The van der Waals surface area contributed by atoms with Crippen LogP contribution in [-0.4, -0.2) is 30.3 Å². The van der Waals surface area contributed by atoms with E-state index in [1.807, 2.05) is 54.6 Å². The first-order chi connectivity index (χ1) is 13.0. The van der Waals surface area contributed by atoms with Crippen LogP contribution in [0.3, 0.4) is 0 Å². The molecule has 0 fully saturated rings. The smallest absolute Gasteiger partial charge is 0.316 e. The molecule has 2 aromatic carbocycles. The lowest BCUT2D eigenvalue weighted by Crippen LogP contribution is -2.36. The highest BCUT2D eigenvalue weighted by atomic mass is 35.5. The Balaban J connectivity index is 2.01. The second kappa shape index (κ2) is 10.8.